The molecule has 1 atom stereocenters. The predicted octanol–water partition coefficient (Wildman–Crippen LogP) is 3.89. The summed E-state index contributed by atoms with van der Waals surface area (Å²) in [5.74, 6) is -0.218. The van der Waals surface area contributed by atoms with Crippen LogP contribution < -0.4 is 10.9 Å². The van der Waals surface area contributed by atoms with Gasteiger partial charge >= 0.3 is 5.63 Å². The van der Waals surface area contributed by atoms with Crippen LogP contribution in [0.3, 0.4) is 0 Å². The minimum Gasteiger partial charge on any atom is -0.507 e. The molecule has 30 heavy (non-hydrogen) atoms. The van der Waals surface area contributed by atoms with Gasteiger partial charge in [0.05, 0.1) is 17.4 Å². The van der Waals surface area contributed by atoms with Gasteiger partial charge in [-0.1, -0.05) is 18.2 Å². The normalized spacial score (nSPS) is 12.4. The molecule has 0 radical (unpaired) electrons. The molecule has 4 rings (SSSR count). The molecule has 0 unspecified atom stereocenters. The molecule has 1 amide bonds. The van der Waals surface area contributed by atoms with Gasteiger partial charge in [-0.25, -0.2) is 4.79 Å². The fraction of sp³-hybridized carbons (Fsp3) is 0.250. The van der Waals surface area contributed by atoms with E-state index in [4.69, 9.17) is 4.42 Å². The summed E-state index contributed by atoms with van der Waals surface area (Å²) in [6.07, 6.45) is 2.52. The van der Waals surface area contributed by atoms with E-state index in [1.165, 1.54) is 0 Å². The number of aromatic amines is 1. The topological polar surface area (TPSA) is 95.3 Å². The number of nitrogens with one attached hydrogen (secondary N) is 2. The summed E-state index contributed by atoms with van der Waals surface area (Å²) in [7, 11) is 0. The highest BCUT2D eigenvalue weighted by atomic mass is 16.4. The summed E-state index contributed by atoms with van der Waals surface area (Å²) in [5, 5.41) is 14.9. The standard InChI is InChI=1S/C24H24N2O4/c1-13-8-20(27)23-15(3)18(24(29)30-21(23)9-13)11-22(28)26-14(2)10-16-12-25-19-7-5-4-6-17(16)19/h4-9,12,14,25,27H,10-11H2,1-3H3,(H,26,28)/t14-/m1/s1. The molecule has 0 saturated carbocycles. The van der Waals surface area contributed by atoms with Gasteiger partial charge in [-0.05, 0) is 62.1 Å². The number of aromatic hydroxyl groups is 1. The summed E-state index contributed by atoms with van der Waals surface area (Å²) in [5.41, 5.74) is 3.58. The Hall–Kier alpha value is -3.54. The Morgan fingerprint density at radius 2 is 2.00 bits per heavy atom. The highest BCUT2D eigenvalue weighted by Gasteiger charge is 2.19. The van der Waals surface area contributed by atoms with Crippen molar-refractivity contribution in [1.29, 1.82) is 0 Å². The van der Waals surface area contributed by atoms with Crippen LogP contribution in [-0.4, -0.2) is 22.0 Å². The third-order valence-electron chi connectivity index (χ3n) is 5.45. The van der Waals surface area contributed by atoms with Crippen LogP contribution in [0.15, 0.2) is 51.8 Å². The van der Waals surface area contributed by atoms with Crippen LogP contribution in [0.25, 0.3) is 21.9 Å². The van der Waals surface area contributed by atoms with E-state index in [2.05, 4.69) is 10.3 Å². The van der Waals surface area contributed by atoms with Crippen LogP contribution in [0, 0.1) is 13.8 Å². The van der Waals surface area contributed by atoms with Crippen molar-refractivity contribution >= 4 is 27.8 Å². The van der Waals surface area contributed by atoms with Gasteiger partial charge in [-0.15, -0.1) is 0 Å². The van der Waals surface area contributed by atoms with E-state index in [0.717, 1.165) is 22.0 Å². The lowest BCUT2D eigenvalue weighted by Crippen LogP contribution is -2.36. The molecule has 6 nitrogen and oxygen atoms in total. The zero-order chi connectivity index (χ0) is 21.4. The molecule has 2 aromatic heterocycles. The lowest BCUT2D eigenvalue weighted by atomic mass is 10.0. The minimum atomic E-state index is -0.551. The van der Waals surface area contributed by atoms with Crippen LogP contribution in [0.1, 0.15) is 29.2 Å². The largest absolute Gasteiger partial charge is 0.507 e. The summed E-state index contributed by atoms with van der Waals surface area (Å²) >= 11 is 0. The zero-order valence-corrected chi connectivity index (χ0v) is 17.2. The lowest BCUT2D eigenvalue weighted by Gasteiger charge is -2.14. The third kappa shape index (κ3) is 3.68. The van der Waals surface area contributed by atoms with Gasteiger partial charge in [0, 0.05) is 23.1 Å². The van der Waals surface area contributed by atoms with Crippen LogP contribution in [0.5, 0.6) is 5.75 Å². The molecule has 4 aromatic rings. The lowest BCUT2D eigenvalue weighted by molar-refractivity contribution is -0.121. The SMILES string of the molecule is Cc1cc(O)c2c(C)c(CC(=O)N[C@H](C)Cc3c[nH]c4ccccc34)c(=O)oc2c1. The molecule has 154 valence electrons. The molecule has 3 N–H and O–H groups in total. The van der Waals surface area contributed by atoms with Crippen LogP contribution in [0.2, 0.25) is 0 Å². The van der Waals surface area contributed by atoms with Gasteiger partial charge in [-0.2, -0.15) is 0 Å². The summed E-state index contributed by atoms with van der Waals surface area (Å²) < 4.78 is 5.37. The second kappa shape index (κ2) is 7.71. The van der Waals surface area contributed by atoms with E-state index in [1.54, 1.807) is 19.1 Å². The van der Waals surface area contributed by atoms with E-state index in [0.29, 0.717) is 23.0 Å². The van der Waals surface area contributed by atoms with Crippen LogP contribution in [0.4, 0.5) is 0 Å². The Labute approximate surface area is 173 Å². The average Bonchev–Trinajstić information content (AvgIpc) is 3.07. The monoisotopic (exact) mass is 404 g/mol. The minimum absolute atomic E-state index is 0.0422. The first-order valence-corrected chi connectivity index (χ1v) is 9.93. The first-order chi connectivity index (χ1) is 14.3. The van der Waals surface area contributed by atoms with Gasteiger partial charge in [0.15, 0.2) is 0 Å². The number of para-hydroxylation sites is 1. The maximum Gasteiger partial charge on any atom is 0.340 e. The smallest absolute Gasteiger partial charge is 0.340 e. The van der Waals surface area contributed by atoms with Gasteiger partial charge in [0.1, 0.15) is 11.3 Å². The van der Waals surface area contributed by atoms with Crippen molar-refractivity contribution in [2.45, 2.75) is 39.7 Å². The first-order valence-electron chi connectivity index (χ1n) is 9.93. The quantitative estimate of drug-likeness (QED) is 0.440. The molecule has 0 spiro atoms. The highest BCUT2D eigenvalue weighted by Crippen LogP contribution is 2.30. The summed E-state index contributed by atoms with van der Waals surface area (Å²) in [6.45, 7) is 5.47. The maximum atomic E-state index is 12.6. The van der Waals surface area contributed by atoms with Crippen LogP contribution in [-0.2, 0) is 17.6 Å². The van der Waals surface area contributed by atoms with Crippen molar-refractivity contribution in [2.75, 3.05) is 0 Å². The molecule has 0 aliphatic heterocycles. The second-order valence-electron chi connectivity index (χ2n) is 7.86. The van der Waals surface area contributed by atoms with Crippen molar-refractivity contribution in [3.63, 3.8) is 0 Å². The molecule has 2 heterocycles. The van der Waals surface area contributed by atoms with E-state index in [1.807, 2.05) is 44.3 Å². The number of hydrogen-bond acceptors (Lipinski definition) is 4. The van der Waals surface area contributed by atoms with Crippen LogP contribution >= 0.6 is 0 Å². The summed E-state index contributed by atoms with van der Waals surface area (Å²) in [4.78, 5) is 28.3. The molecule has 2 aromatic carbocycles. The first kappa shape index (κ1) is 19.8. The Balaban J connectivity index is 1.52. The van der Waals surface area contributed by atoms with E-state index >= 15 is 0 Å². The van der Waals surface area contributed by atoms with Gasteiger partial charge in [-0.3, -0.25) is 4.79 Å². The van der Waals surface area contributed by atoms with E-state index in [9.17, 15) is 14.7 Å². The molecule has 6 heteroatoms. The Bertz CT molecular complexity index is 1320. The number of aromatic nitrogens is 1. The predicted molar refractivity (Wildman–Crippen MR) is 117 cm³/mol. The van der Waals surface area contributed by atoms with Crippen molar-refractivity contribution in [3.05, 3.63) is 75.3 Å². The maximum absolute atomic E-state index is 12.6. The average molecular weight is 404 g/mol. The highest BCUT2D eigenvalue weighted by molar-refractivity contribution is 5.89. The number of rotatable bonds is 5. The van der Waals surface area contributed by atoms with Crippen molar-refractivity contribution in [3.8, 4) is 5.75 Å². The van der Waals surface area contributed by atoms with Crippen molar-refractivity contribution in [2.24, 2.45) is 0 Å². The molecular weight excluding hydrogens is 380 g/mol. The van der Waals surface area contributed by atoms with Gasteiger partial charge in [0.25, 0.3) is 0 Å². The Kier molecular flexibility index (Phi) is 5.08. The zero-order valence-electron chi connectivity index (χ0n) is 17.2. The molecule has 0 aliphatic carbocycles. The number of carbonyl (C=O) groups is 1. The summed E-state index contributed by atoms with van der Waals surface area (Å²) in [6, 6.07) is 11.2. The van der Waals surface area contributed by atoms with Crippen molar-refractivity contribution < 1.29 is 14.3 Å². The van der Waals surface area contributed by atoms with Crippen molar-refractivity contribution in [1.82, 2.24) is 10.3 Å². The fourth-order valence-corrected chi connectivity index (χ4v) is 4.03. The Morgan fingerprint density at radius 3 is 2.80 bits per heavy atom. The van der Waals surface area contributed by atoms with Gasteiger partial charge in [0.2, 0.25) is 5.91 Å². The van der Waals surface area contributed by atoms with E-state index in [-0.39, 0.29) is 29.7 Å². The number of benzene rings is 2. The molecule has 0 aliphatic rings. The molecular formula is C24H24N2O4. The number of phenols is 1. The number of amides is 1. The van der Waals surface area contributed by atoms with Gasteiger partial charge < -0.3 is 19.8 Å². The number of H-pyrrole nitrogens is 1. The third-order valence-corrected chi connectivity index (χ3v) is 5.45. The second-order valence-corrected chi connectivity index (χ2v) is 7.86. The van der Waals surface area contributed by atoms with E-state index < -0.39 is 5.63 Å². The Morgan fingerprint density at radius 1 is 1.23 bits per heavy atom. The molecule has 0 fully saturated rings. The number of hydrogen-bond donors (Lipinski definition) is 3. The number of aryl methyl sites for hydroxylation is 2. The number of fused-ring (bicyclic) bond motifs is 2. The molecule has 0 bridgehead atoms. The fourth-order valence-electron chi connectivity index (χ4n) is 4.03. The number of carbonyl (C=O) groups excluding carboxylic acids is 1. The molecule has 0 saturated heterocycles. The number of phenolic OH excluding ortho intramolecular Hbond substituents is 1.